The Kier molecular flexibility index (Phi) is 9.87. The molecule has 2 aliphatic rings. The van der Waals surface area contributed by atoms with Crippen molar-refractivity contribution in [3.8, 4) is 11.1 Å². The largest absolute Gasteiger partial charge is 0.402 e. The van der Waals surface area contributed by atoms with Crippen LogP contribution in [0.25, 0.3) is 16.8 Å². The van der Waals surface area contributed by atoms with Crippen LogP contribution in [0.1, 0.15) is 69.9 Å². The summed E-state index contributed by atoms with van der Waals surface area (Å²) >= 11 is 0. The zero-order valence-electron chi connectivity index (χ0n) is 24.0. The highest BCUT2D eigenvalue weighted by atomic mass is 19.1. The van der Waals surface area contributed by atoms with Gasteiger partial charge in [-0.05, 0) is 99.2 Å². The molecule has 2 N–H and O–H groups in total. The van der Waals surface area contributed by atoms with Crippen molar-refractivity contribution in [1.29, 1.82) is 0 Å². The lowest BCUT2D eigenvalue weighted by molar-refractivity contribution is 0.0628. The van der Waals surface area contributed by atoms with Gasteiger partial charge in [0.2, 0.25) is 0 Å². The van der Waals surface area contributed by atoms with Gasteiger partial charge in [-0.15, -0.1) is 0 Å². The van der Waals surface area contributed by atoms with E-state index in [1.807, 2.05) is 26.0 Å². The van der Waals surface area contributed by atoms with Crippen molar-refractivity contribution in [3.63, 3.8) is 0 Å². The van der Waals surface area contributed by atoms with Crippen molar-refractivity contribution in [2.24, 2.45) is 17.6 Å². The highest BCUT2D eigenvalue weighted by Gasteiger charge is 2.30. The molecule has 3 nitrogen and oxygen atoms in total. The van der Waals surface area contributed by atoms with Gasteiger partial charge in [0, 0.05) is 42.5 Å². The van der Waals surface area contributed by atoms with Gasteiger partial charge in [0.15, 0.2) is 0 Å². The van der Waals surface area contributed by atoms with E-state index in [2.05, 4.69) is 47.2 Å². The molecule has 0 unspecified atom stereocenters. The lowest BCUT2D eigenvalue weighted by atomic mass is 9.89. The fourth-order valence-corrected chi connectivity index (χ4v) is 6.16. The van der Waals surface area contributed by atoms with E-state index in [9.17, 15) is 4.39 Å². The molecule has 2 saturated heterocycles. The van der Waals surface area contributed by atoms with Crippen molar-refractivity contribution >= 4 is 5.70 Å². The molecule has 0 aromatic heterocycles. The Bertz CT molecular complexity index is 1110. The molecule has 2 fully saturated rings. The minimum Gasteiger partial charge on any atom is -0.402 e. The van der Waals surface area contributed by atoms with Crippen LogP contribution in [0.15, 0.2) is 61.3 Å². The predicted octanol–water partition coefficient (Wildman–Crippen LogP) is 7.82. The fourth-order valence-electron chi connectivity index (χ4n) is 6.16. The molecule has 2 aromatic rings. The van der Waals surface area contributed by atoms with Gasteiger partial charge in [0.25, 0.3) is 0 Å². The van der Waals surface area contributed by atoms with Crippen LogP contribution in [0.5, 0.6) is 0 Å². The molecule has 0 amide bonds. The summed E-state index contributed by atoms with van der Waals surface area (Å²) < 4.78 is 29.9. The van der Waals surface area contributed by atoms with Gasteiger partial charge in [-0.1, -0.05) is 57.3 Å². The molecule has 0 saturated carbocycles. The number of likely N-dealkylation sites (tertiary alicyclic amines) is 2. The molecule has 212 valence electrons. The molecule has 2 heterocycles. The number of hydrogen-bond donors (Lipinski definition) is 1. The summed E-state index contributed by atoms with van der Waals surface area (Å²) in [7, 11) is 0. The van der Waals surface area contributed by atoms with Crippen LogP contribution < -0.4 is 5.73 Å². The number of alkyl halides is 1. The molecular weight excluding hydrogens is 488 g/mol. The van der Waals surface area contributed by atoms with E-state index in [4.69, 9.17) is 5.73 Å². The molecule has 5 heteroatoms. The third kappa shape index (κ3) is 7.51. The van der Waals surface area contributed by atoms with E-state index in [1.165, 1.54) is 5.56 Å². The van der Waals surface area contributed by atoms with E-state index in [1.54, 1.807) is 6.07 Å². The lowest BCUT2D eigenvalue weighted by Gasteiger charge is -2.36. The second-order valence-corrected chi connectivity index (χ2v) is 11.8. The number of nitrogens with two attached hydrogens (primary N) is 1. The number of benzene rings is 2. The van der Waals surface area contributed by atoms with Crippen LogP contribution in [-0.2, 0) is 6.42 Å². The summed E-state index contributed by atoms with van der Waals surface area (Å²) in [5.74, 6) is 0.806. The number of hydrogen-bond acceptors (Lipinski definition) is 3. The van der Waals surface area contributed by atoms with Gasteiger partial charge in [-0.25, -0.2) is 8.78 Å². The number of aryl methyl sites for hydroxylation is 1. The van der Waals surface area contributed by atoms with Crippen LogP contribution >= 0.6 is 0 Å². The van der Waals surface area contributed by atoms with Gasteiger partial charge in [0.05, 0.1) is 0 Å². The highest BCUT2D eigenvalue weighted by Crippen LogP contribution is 2.31. The second kappa shape index (κ2) is 13.1. The molecule has 2 aromatic carbocycles. The van der Waals surface area contributed by atoms with E-state index in [0.29, 0.717) is 36.8 Å². The van der Waals surface area contributed by atoms with Crippen LogP contribution in [0, 0.1) is 17.7 Å². The first kappa shape index (κ1) is 29.3. The van der Waals surface area contributed by atoms with Crippen LogP contribution in [0.4, 0.5) is 8.78 Å². The van der Waals surface area contributed by atoms with Crippen LogP contribution in [0.3, 0.4) is 0 Å². The second-order valence-electron chi connectivity index (χ2n) is 11.8. The first-order valence-corrected chi connectivity index (χ1v) is 14.9. The SMILES string of the molecule is C=C(N)C1CCN(C(=C)c2ccc(-c3ccc(CCC4CCN(CC(F)(CC)CC)CC4)cc3)cc2F)CC1. The fraction of sp³-hybridized carbons (Fsp3) is 0.529. The average molecular weight is 536 g/mol. The average Bonchev–Trinajstić information content (AvgIpc) is 2.96. The summed E-state index contributed by atoms with van der Waals surface area (Å²) in [6, 6.07) is 14.0. The van der Waals surface area contributed by atoms with Gasteiger partial charge < -0.3 is 15.5 Å². The van der Waals surface area contributed by atoms with E-state index >= 15 is 4.39 Å². The maximum Gasteiger partial charge on any atom is 0.133 e. The van der Waals surface area contributed by atoms with Crippen LogP contribution in [-0.4, -0.2) is 48.2 Å². The minimum atomic E-state index is -1.04. The Morgan fingerprint density at radius 2 is 1.54 bits per heavy atom. The Hall–Kier alpha value is -2.66. The highest BCUT2D eigenvalue weighted by molar-refractivity contribution is 5.69. The Morgan fingerprint density at radius 1 is 0.923 bits per heavy atom. The van der Waals surface area contributed by atoms with Gasteiger partial charge in [-0.3, -0.25) is 0 Å². The minimum absolute atomic E-state index is 0.235. The molecule has 0 aliphatic carbocycles. The third-order valence-electron chi connectivity index (χ3n) is 9.29. The maximum absolute atomic E-state index is 15.2. The Balaban J connectivity index is 1.27. The van der Waals surface area contributed by atoms with Gasteiger partial charge >= 0.3 is 0 Å². The predicted molar refractivity (Wildman–Crippen MR) is 160 cm³/mol. The molecule has 0 bridgehead atoms. The molecular formula is C34H47F2N3. The molecule has 0 atom stereocenters. The van der Waals surface area contributed by atoms with Crippen molar-refractivity contribution in [3.05, 3.63) is 78.3 Å². The summed E-state index contributed by atoms with van der Waals surface area (Å²) in [5.41, 5.74) is 10.1. The normalized spacial score (nSPS) is 17.9. The van der Waals surface area contributed by atoms with Gasteiger partial charge in [0.1, 0.15) is 11.5 Å². The molecule has 0 radical (unpaired) electrons. The van der Waals surface area contributed by atoms with Crippen molar-refractivity contribution < 1.29 is 8.78 Å². The maximum atomic E-state index is 15.2. The van der Waals surface area contributed by atoms with E-state index in [-0.39, 0.29) is 5.82 Å². The third-order valence-corrected chi connectivity index (χ3v) is 9.29. The zero-order valence-corrected chi connectivity index (χ0v) is 24.0. The molecule has 0 spiro atoms. The first-order chi connectivity index (χ1) is 18.7. The van der Waals surface area contributed by atoms with E-state index in [0.717, 1.165) is 87.2 Å². The molecule has 4 rings (SSSR count). The summed E-state index contributed by atoms with van der Waals surface area (Å²) in [5, 5.41) is 0. The summed E-state index contributed by atoms with van der Waals surface area (Å²) in [4.78, 5) is 4.47. The summed E-state index contributed by atoms with van der Waals surface area (Å²) in [6.07, 6.45) is 7.56. The van der Waals surface area contributed by atoms with Crippen molar-refractivity contribution in [1.82, 2.24) is 9.80 Å². The van der Waals surface area contributed by atoms with E-state index < -0.39 is 5.67 Å². The lowest BCUT2D eigenvalue weighted by Crippen LogP contribution is -2.43. The number of halogens is 2. The quantitative estimate of drug-likeness (QED) is 0.318. The number of allylic oxidation sites excluding steroid dienone is 1. The smallest absolute Gasteiger partial charge is 0.133 e. The number of piperidine rings is 2. The number of rotatable bonds is 11. The van der Waals surface area contributed by atoms with Crippen molar-refractivity contribution in [2.45, 2.75) is 70.9 Å². The van der Waals surface area contributed by atoms with Gasteiger partial charge in [-0.2, -0.15) is 0 Å². The standard InChI is InChI=1S/C34H47F2N3/c1-5-34(36,6-2)24-38-19-15-28(16-20-38)8-7-27-9-11-30(12-10-27)31-13-14-32(33(35)23-31)26(4)39-21-17-29(18-22-39)25(3)37/h9-14,23,28-29H,3-8,15-22,24,37H2,1-2H3. The van der Waals surface area contributed by atoms with Crippen molar-refractivity contribution in [2.75, 3.05) is 32.7 Å². The molecule has 2 aliphatic heterocycles. The Labute approximate surface area is 234 Å². The molecule has 39 heavy (non-hydrogen) atoms. The monoisotopic (exact) mass is 535 g/mol. The number of nitrogens with zero attached hydrogens (tertiary/aromatic N) is 2. The summed E-state index contributed by atoms with van der Waals surface area (Å²) in [6.45, 7) is 16.2. The zero-order chi connectivity index (χ0) is 28.0. The first-order valence-electron chi connectivity index (χ1n) is 14.9. The van der Waals surface area contributed by atoms with Crippen LogP contribution in [0.2, 0.25) is 0 Å². The topological polar surface area (TPSA) is 32.5 Å². The Morgan fingerprint density at radius 3 is 2.10 bits per heavy atom.